The molecule has 0 aliphatic heterocycles. The fraction of sp³-hybridized carbons (Fsp3) is 0.818. The van der Waals surface area contributed by atoms with Crippen LogP contribution >= 0.6 is 0 Å². The molecule has 0 heterocycles. The largest absolute Gasteiger partial charge is 0.446 e. The van der Waals surface area contributed by atoms with Crippen LogP contribution in [-0.2, 0) is 9.47 Å². The van der Waals surface area contributed by atoms with E-state index in [0.717, 1.165) is 4.90 Å². The van der Waals surface area contributed by atoms with Crippen molar-refractivity contribution < 1.29 is 19.1 Å². The van der Waals surface area contributed by atoms with E-state index in [1.807, 2.05) is 0 Å². The zero-order valence-electron chi connectivity index (χ0n) is 10.8. The van der Waals surface area contributed by atoms with E-state index in [1.165, 1.54) is 0 Å². The number of imide groups is 1. The average Bonchev–Trinajstić information content (AvgIpc) is 1.98. The molecule has 0 bridgehead atoms. The average molecular weight is 231 g/mol. The third-order valence-electron chi connectivity index (χ3n) is 1.58. The summed E-state index contributed by atoms with van der Waals surface area (Å²) in [5.74, 6) is 0. The molecule has 0 aliphatic carbocycles. The van der Waals surface area contributed by atoms with Gasteiger partial charge in [-0.3, -0.25) is 0 Å². The number of nitrogens with zero attached hydrogens (tertiary/aromatic N) is 1. The van der Waals surface area contributed by atoms with Crippen molar-refractivity contribution in [3.05, 3.63) is 0 Å². The van der Waals surface area contributed by atoms with Crippen molar-refractivity contribution in [2.45, 2.75) is 59.8 Å². The van der Waals surface area contributed by atoms with Gasteiger partial charge < -0.3 is 9.47 Å². The minimum atomic E-state index is -0.671. The highest BCUT2D eigenvalue weighted by Crippen LogP contribution is 2.08. The Morgan fingerprint density at radius 2 is 1.12 bits per heavy atom. The Morgan fingerprint density at radius 1 is 0.812 bits per heavy atom. The summed E-state index contributed by atoms with van der Waals surface area (Å²) in [5, 5.41) is 0. The Hall–Kier alpha value is -1.26. The van der Waals surface area contributed by atoms with Gasteiger partial charge in [-0.15, -0.1) is 0 Å². The first kappa shape index (κ1) is 14.7. The standard InChI is InChI=1S/C11H21NO4/c1-7(2)12(10(13)15-8(3)4)11(14)16-9(5)6/h7-9H,1-6H3. The summed E-state index contributed by atoms with van der Waals surface area (Å²) in [5.41, 5.74) is 0. The lowest BCUT2D eigenvalue weighted by Crippen LogP contribution is -2.44. The van der Waals surface area contributed by atoms with E-state index in [4.69, 9.17) is 9.47 Å². The molecular weight excluding hydrogens is 210 g/mol. The van der Waals surface area contributed by atoms with E-state index in [2.05, 4.69) is 0 Å². The van der Waals surface area contributed by atoms with E-state index in [0.29, 0.717) is 0 Å². The van der Waals surface area contributed by atoms with Crippen molar-refractivity contribution in [2.24, 2.45) is 0 Å². The predicted octanol–water partition coefficient (Wildman–Crippen LogP) is 2.79. The minimum Gasteiger partial charge on any atom is -0.446 e. The lowest BCUT2D eigenvalue weighted by atomic mass is 10.3. The van der Waals surface area contributed by atoms with Gasteiger partial charge in [0.2, 0.25) is 0 Å². The van der Waals surface area contributed by atoms with Crippen LogP contribution in [0.1, 0.15) is 41.5 Å². The van der Waals surface area contributed by atoms with E-state index >= 15 is 0 Å². The van der Waals surface area contributed by atoms with Crippen LogP contribution in [0.5, 0.6) is 0 Å². The van der Waals surface area contributed by atoms with Crippen LogP contribution < -0.4 is 0 Å². The molecule has 0 saturated heterocycles. The first-order valence-electron chi connectivity index (χ1n) is 5.46. The minimum absolute atomic E-state index is 0.263. The van der Waals surface area contributed by atoms with Gasteiger partial charge >= 0.3 is 12.2 Å². The van der Waals surface area contributed by atoms with Crippen LogP contribution in [0, 0.1) is 0 Å². The van der Waals surface area contributed by atoms with Crippen LogP contribution in [0.3, 0.4) is 0 Å². The predicted molar refractivity (Wildman–Crippen MR) is 60.2 cm³/mol. The van der Waals surface area contributed by atoms with Gasteiger partial charge in [-0.05, 0) is 41.5 Å². The maximum atomic E-state index is 11.6. The van der Waals surface area contributed by atoms with E-state index < -0.39 is 12.2 Å². The Morgan fingerprint density at radius 3 is 1.31 bits per heavy atom. The maximum absolute atomic E-state index is 11.6. The Kier molecular flexibility index (Phi) is 5.85. The highest BCUT2D eigenvalue weighted by molar-refractivity contribution is 5.88. The van der Waals surface area contributed by atoms with Crippen molar-refractivity contribution in [3.63, 3.8) is 0 Å². The van der Waals surface area contributed by atoms with E-state index in [1.54, 1.807) is 41.5 Å². The molecule has 0 radical (unpaired) electrons. The molecule has 5 heteroatoms. The fourth-order valence-corrected chi connectivity index (χ4v) is 1.01. The van der Waals surface area contributed by atoms with Crippen molar-refractivity contribution in [3.8, 4) is 0 Å². The normalized spacial score (nSPS) is 10.8. The van der Waals surface area contributed by atoms with Crippen molar-refractivity contribution >= 4 is 12.2 Å². The van der Waals surface area contributed by atoms with Gasteiger partial charge in [0.1, 0.15) is 0 Å². The first-order chi connectivity index (χ1) is 7.25. The Labute approximate surface area is 96.7 Å². The number of rotatable bonds is 3. The SMILES string of the molecule is CC(C)OC(=O)N(C(=O)OC(C)C)C(C)C. The summed E-state index contributed by atoms with van der Waals surface area (Å²) in [6, 6.07) is -0.294. The summed E-state index contributed by atoms with van der Waals surface area (Å²) in [6.45, 7) is 10.4. The van der Waals surface area contributed by atoms with Gasteiger partial charge in [-0.25, -0.2) is 14.5 Å². The molecule has 0 aromatic heterocycles. The third-order valence-corrected chi connectivity index (χ3v) is 1.58. The second kappa shape index (κ2) is 6.35. The molecule has 0 aromatic rings. The molecule has 0 N–H and O–H groups in total. The molecule has 0 saturated carbocycles. The highest BCUT2D eigenvalue weighted by Gasteiger charge is 2.28. The molecule has 0 fully saturated rings. The molecule has 5 nitrogen and oxygen atoms in total. The molecule has 0 aromatic carbocycles. The van der Waals surface area contributed by atoms with Gasteiger partial charge in [0, 0.05) is 6.04 Å². The molecule has 0 aliphatic rings. The summed E-state index contributed by atoms with van der Waals surface area (Å²) >= 11 is 0. The van der Waals surface area contributed by atoms with Crippen LogP contribution in [0.15, 0.2) is 0 Å². The highest BCUT2D eigenvalue weighted by atomic mass is 16.6. The number of hydrogen-bond acceptors (Lipinski definition) is 4. The van der Waals surface area contributed by atoms with Crippen LogP contribution in [0.2, 0.25) is 0 Å². The van der Waals surface area contributed by atoms with E-state index in [-0.39, 0.29) is 18.2 Å². The smallest absolute Gasteiger partial charge is 0.419 e. The third kappa shape index (κ3) is 5.00. The fourth-order valence-electron chi connectivity index (χ4n) is 1.01. The zero-order valence-corrected chi connectivity index (χ0v) is 10.8. The molecule has 16 heavy (non-hydrogen) atoms. The zero-order chi connectivity index (χ0) is 12.9. The first-order valence-corrected chi connectivity index (χ1v) is 5.46. The van der Waals surface area contributed by atoms with Crippen molar-refractivity contribution in [1.29, 1.82) is 0 Å². The van der Waals surface area contributed by atoms with Gasteiger partial charge in [-0.1, -0.05) is 0 Å². The topological polar surface area (TPSA) is 55.8 Å². The molecule has 0 atom stereocenters. The van der Waals surface area contributed by atoms with Gasteiger partial charge in [0.15, 0.2) is 0 Å². The number of amides is 2. The van der Waals surface area contributed by atoms with Crippen LogP contribution in [-0.4, -0.2) is 35.3 Å². The molecule has 2 amide bonds. The number of carbonyl (C=O) groups excluding carboxylic acids is 2. The molecular formula is C11H21NO4. The lowest BCUT2D eigenvalue weighted by Gasteiger charge is -2.25. The monoisotopic (exact) mass is 231 g/mol. The summed E-state index contributed by atoms with van der Waals surface area (Å²) in [6.07, 6.45) is -1.87. The maximum Gasteiger partial charge on any atom is 0.419 e. The Bertz CT molecular complexity index is 226. The molecule has 0 rings (SSSR count). The molecule has 94 valence electrons. The second-order valence-electron chi connectivity index (χ2n) is 4.33. The summed E-state index contributed by atoms with van der Waals surface area (Å²) in [4.78, 5) is 24.2. The quantitative estimate of drug-likeness (QED) is 0.749. The second-order valence-corrected chi connectivity index (χ2v) is 4.33. The molecule has 0 unspecified atom stereocenters. The van der Waals surface area contributed by atoms with Crippen molar-refractivity contribution in [1.82, 2.24) is 4.90 Å². The lowest BCUT2D eigenvalue weighted by molar-refractivity contribution is 0.0430. The van der Waals surface area contributed by atoms with Gasteiger partial charge in [0.05, 0.1) is 12.2 Å². The van der Waals surface area contributed by atoms with Crippen molar-refractivity contribution in [2.75, 3.05) is 0 Å². The van der Waals surface area contributed by atoms with Crippen LogP contribution in [0.25, 0.3) is 0 Å². The number of ether oxygens (including phenoxy) is 2. The summed E-state index contributed by atoms with van der Waals surface area (Å²) < 4.78 is 9.93. The van der Waals surface area contributed by atoms with E-state index in [9.17, 15) is 9.59 Å². The van der Waals surface area contributed by atoms with Gasteiger partial charge in [0.25, 0.3) is 0 Å². The summed E-state index contributed by atoms with van der Waals surface area (Å²) in [7, 11) is 0. The number of hydrogen-bond donors (Lipinski definition) is 0. The Balaban J connectivity index is 4.60. The van der Waals surface area contributed by atoms with Crippen LogP contribution in [0.4, 0.5) is 9.59 Å². The number of carbonyl (C=O) groups is 2. The van der Waals surface area contributed by atoms with Gasteiger partial charge in [-0.2, -0.15) is 0 Å². The molecule has 0 spiro atoms.